The molecule has 0 aliphatic rings. The fraction of sp³-hybridized carbons (Fsp3) is 0.385. The monoisotopic (exact) mass is 263 g/mol. The van der Waals surface area contributed by atoms with Crippen molar-refractivity contribution in [3.63, 3.8) is 0 Å². The van der Waals surface area contributed by atoms with E-state index in [0.717, 1.165) is 18.1 Å². The van der Waals surface area contributed by atoms with Crippen molar-refractivity contribution in [3.8, 4) is 11.3 Å². The van der Waals surface area contributed by atoms with Gasteiger partial charge in [-0.1, -0.05) is 0 Å². The summed E-state index contributed by atoms with van der Waals surface area (Å²) >= 11 is 1.73. The molecule has 2 heterocycles. The third-order valence-electron chi connectivity index (χ3n) is 2.54. The van der Waals surface area contributed by atoms with E-state index in [1.54, 1.807) is 18.4 Å². The summed E-state index contributed by atoms with van der Waals surface area (Å²) in [5, 5.41) is 5.30. The van der Waals surface area contributed by atoms with Gasteiger partial charge in [0.15, 0.2) is 5.82 Å². The highest BCUT2D eigenvalue weighted by molar-refractivity contribution is 7.10. The second-order valence-corrected chi connectivity index (χ2v) is 5.03. The maximum atomic E-state index is 5.11. The van der Waals surface area contributed by atoms with Gasteiger partial charge in [0, 0.05) is 30.2 Å². The molecule has 4 nitrogen and oxygen atoms in total. The number of nitrogens with zero attached hydrogens (tertiary/aromatic N) is 2. The van der Waals surface area contributed by atoms with Crippen LogP contribution < -0.4 is 5.32 Å². The van der Waals surface area contributed by atoms with E-state index in [1.807, 2.05) is 13.0 Å². The first-order valence-corrected chi connectivity index (χ1v) is 6.77. The average molecular weight is 263 g/mol. The van der Waals surface area contributed by atoms with Crippen LogP contribution in [0.2, 0.25) is 0 Å². The lowest BCUT2D eigenvalue weighted by molar-refractivity contribution is 0.178. The van der Waals surface area contributed by atoms with Crippen molar-refractivity contribution in [1.82, 2.24) is 9.97 Å². The van der Waals surface area contributed by atoms with Gasteiger partial charge < -0.3 is 10.1 Å². The van der Waals surface area contributed by atoms with Crippen LogP contribution in [0.1, 0.15) is 17.6 Å². The standard InChI is InChI=1S/C13H17N3OS/c1-4-14-12-7-11(10-5-6-18-9(10)2)15-13(16-12)8-17-3/h5-7H,4,8H2,1-3H3,(H,14,15,16). The Balaban J connectivity index is 2.42. The lowest BCUT2D eigenvalue weighted by atomic mass is 10.2. The van der Waals surface area contributed by atoms with Crippen molar-refractivity contribution in [2.75, 3.05) is 19.0 Å². The lowest BCUT2D eigenvalue weighted by Gasteiger charge is -2.08. The highest BCUT2D eigenvalue weighted by Gasteiger charge is 2.09. The Labute approximate surface area is 111 Å². The molecule has 5 heteroatoms. The first kappa shape index (κ1) is 13.0. The Hall–Kier alpha value is -1.46. The van der Waals surface area contributed by atoms with Crippen LogP contribution in [0.25, 0.3) is 11.3 Å². The van der Waals surface area contributed by atoms with Crippen LogP contribution in [-0.2, 0) is 11.3 Å². The molecular weight excluding hydrogens is 246 g/mol. The van der Waals surface area contributed by atoms with Crippen molar-refractivity contribution in [2.24, 2.45) is 0 Å². The van der Waals surface area contributed by atoms with Crippen LogP contribution in [0.4, 0.5) is 5.82 Å². The zero-order chi connectivity index (χ0) is 13.0. The van der Waals surface area contributed by atoms with E-state index < -0.39 is 0 Å². The Morgan fingerprint density at radius 1 is 1.39 bits per heavy atom. The minimum atomic E-state index is 0.426. The van der Waals surface area contributed by atoms with E-state index in [4.69, 9.17) is 4.74 Å². The second-order valence-electron chi connectivity index (χ2n) is 3.91. The molecule has 0 atom stereocenters. The number of nitrogens with one attached hydrogen (secondary N) is 1. The molecule has 2 aromatic heterocycles. The van der Waals surface area contributed by atoms with Gasteiger partial charge >= 0.3 is 0 Å². The molecule has 0 saturated carbocycles. The number of hydrogen-bond acceptors (Lipinski definition) is 5. The van der Waals surface area contributed by atoms with Gasteiger partial charge in [0.05, 0.1) is 5.69 Å². The highest BCUT2D eigenvalue weighted by atomic mass is 32.1. The summed E-state index contributed by atoms with van der Waals surface area (Å²) in [7, 11) is 1.65. The van der Waals surface area contributed by atoms with E-state index in [9.17, 15) is 0 Å². The fourth-order valence-corrected chi connectivity index (χ4v) is 2.46. The quantitative estimate of drug-likeness (QED) is 0.900. The molecule has 0 amide bonds. The molecule has 0 spiro atoms. The molecular formula is C13H17N3OS. The minimum Gasteiger partial charge on any atom is -0.377 e. The van der Waals surface area contributed by atoms with Crippen molar-refractivity contribution >= 4 is 17.2 Å². The Bertz CT molecular complexity index is 500. The summed E-state index contributed by atoms with van der Waals surface area (Å²) in [5.74, 6) is 1.55. The van der Waals surface area contributed by atoms with E-state index in [-0.39, 0.29) is 0 Å². The number of hydrogen-bond donors (Lipinski definition) is 1. The average Bonchev–Trinajstić information content (AvgIpc) is 2.76. The van der Waals surface area contributed by atoms with Crippen LogP contribution >= 0.6 is 11.3 Å². The number of ether oxygens (including phenoxy) is 1. The molecule has 0 saturated heterocycles. The van der Waals surface area contributed by atoms with Crippen molar-refractivity contribution in [1.29, 1.82) is 0 Å². The number of anilines is 1. The molecule has 0 bridgehead atoms. The van der Waals surface area contributed by atoms with Gasteiger partial charge in [-0.15, -0.1) is 11.3 Å². The van der Waals surface area contributed by atoms with Crippen LogP contribution in [0.5, 0.6) is 0 Å². The molecule has 0 radical (unpaired) electrons. The number of rotatable bonds is 5. The van der Waals surface area contributed by atoms with E-state index in [0.29, 0.717) is 12.4 Å². The maximum absolute atomic E-state index is 5.11. The van der Waals surface area contributed by atoms with E-state index >= 15 is 0 Å². The molecule has 2 aromatic rings. The largest absolute Gasteiger partial charge is 0.377 e. The van der Waals surface area contributed by atoms with Crippen LogP contribution in [0.3, 0.4) is 0 Å². The Kier molecular flexibility index (Phi) is 4.28. The van der Waals surface area contributed by atoms with Gasteiger partial charge in [-0.2, -0.15) is 0 Å². The lowest BCUT2D eigenvalue weighted by Crippen LogP contribution is -2.05. The van der Waals surface area contributed by atoms with Crippen LogP contribution in [0, 0.1) is 6.92 Å². The Morgan fingerprint density at radius 2 is 2.22 bits per heavy atom. The molecule has 0 fully saturated rings. The van der Waals surface area contributed by atoms with Crippen LogP contribution in [-0.4, -0.2) is 23.6 Å². The third-order valence-corrected chi connectivity index (χ3v) is 3.38. The Morgan fingerprint density at radius 3 is 2.83 bits per heavy atom. The van der Waals surface area contributed by atoms with E-state index in [2.05, 4.69) is 33.7 Å². The summed E-state index contributed by atoms with van der Waals surface area (Å²) in [6, 6.07) is 4.08. The first-order valence-electron chi connectivity index (χ1n) is 5.89. The predicted octanol–water partition coefficient (Wildman–Crippen LogP) is 3.09. The topological polar surface area (TPSA) is 47.0 Å². The maximum Gasteiger partial charge on any atom is 0.157 e. The number of thiophene rings is 1. The van der Waals surface area contributed by atoms with Crippen molar-refractivity contribution in [2.45, 2.75) is 20.5 Å². The minimum absolute atomic E-state index is 0.426. The summed E-state index contributed by atoms with van der Waals surface area (Å²) < 4.78 is 5.11. The third kappa shape index (κ3) is 2.86. The van der Waals surface area contributed by atoms with Crippen LogP contribution in [0.15, 0.2) is 17.5 Å². The fourth-order valence-electron chi connectivity index (χ4n) is 1.75. The number of aryl methyl sites for hydroxylation is 1. The van der Waals surface area contributed by atoms with E-state index in [1.165, 1.54) is 10.4 Å². The van der Waals surface area contributed by atoms with Crippen molar-refractivity contribution in [3.05, 3.63) is 28.2 Å². The molecule has 0 aromatic carbocycles. The van der Waals surface area contributed by atoms with Gasteiger partial charge in [0.2, 0.25) is 0 Å². The normalized spacial score (nSPS) is 10.6. The molecule has 1 N–H and O–H groups in total. The summed E-state index contributed by atoms with van der Waals surface area (Å²) in [6.07, 6.45) is 0. The SMILES string of the molecule is CCNc1cc(-c2ccsc2C)nc(COC)n1. The van der Waals surface area contributed by atoms with Gasteiger partial charge in [-0.3, -0.25) is 0 Å². The van der Waals surface area contributed by atoms with Crippen molar-refractivity contribution < 1.29 is 4.74 Å². The highest BCUT2D eigenvalue weighted by Crippen LogP contribution is 2.27. The summed E-state index contributed by atoms with van der Waals surface area (Å²) in [4.78, 5) is 10.2. The molecule has 0 aliphatic carbocycles. The molecule has 0 unspecified atom stereocenters. The van der Waals surface area contributed by atoms with Gasteiger partial charge in [-0.25, -0.2) is 9.97 Å². The summed E-state index contributed by atoms with van der Waals surface area (Å²) in [5.41, 5.74) is 2.12. The van der Waals surface area contributed by atoms with Gasteiger partial charge in [0.1, 0.15) is 12.4 Å². The number of aromatic nitrogens is 2. The second kappa shape index (κ2) is 5.93. The molecule has 0 aliphatic heterocycles. The molecule has 2 rings (SSSR count). The molecule has 96 valence electrons. The zero-order valence-corrected chi connectivity index (χ0v) is 11.7. The number of methoxy groups -OCH3 is 1. The van der Waals surface area contributed by atoms with Gasteiger partial charge in [0.25, 0.3) is 0 Å². The first-order chi connectivity index (χ1) is 8.74. The smallest absolute Gasteiger partial charge is 0.157 e. The summed E-state index contributed by atoms with van der Waals surface area (Å²) in [6.45, 7) is 5.42. The predicted molar refractivity (Wildman–Crippen MR) is 75.0 cm³/mol. The zero-order valence-electron chi connectivity index (χ0n) is 10.9. The molecule has 18 heavy (non-hydrogen) atoms. The van der Waals surface area contributed by atoms with Gasteiger partial charge in [-0.05, 0) is 25.3 Å².